The Hall–Kier alpha value is -1.11. The summed E-state index contributed by atoms with van der Waals surface area (Å²) in [5, 5.41) is 0. The number of hydrogen-bond donors (Lipinski definition) is 0. The van der Waals surface area contributed by atoms with Crippen molar-refractivity contribution in [3.8, 4) is 0 Å². The largest absolute Gasteiger partial charge is 0.294 e. The second kappa shape index (κ2) is 3.95. The van der Waals surface area contributed by atoms with Gasteiger partial charge in [0, 0.05) is 12.0 Å². The van der Waals surface area contributed by atoms with Gasteiger partial charge in [0.15, 0.2) is 5.78 Å². The highest BCUT2D eigenvalue weighted by Crippen LogP contribution is 2.23. The predicted octanol–water partition coefficient (Wildman–Crippen LogP) is 3.16. The summed E-state index contributed by atoms with van der Waals surface area (Å²) in [5.74, 6) is 0.294. The van der Waals surface area contributed by atoms with Gasteiger partial charge in [-0.2, -0.15) is 0 Å². The van der Waals surface area contributed by atoms with E-state index in [-0.39, 0.29) is 0 Å². The summed E-state index contributed by atoms with van der Waals surface area (Å²) < 4.78 is 0. The smallest absolute Gasteiger partial charge is 0.162 e. The van der Waals surface area contributed by atoms with E-state index in [1.807, 2.05) is 13.0 Å². The molecule has 0 atom stereocenters. The van der Waals surface area contributed by atoms with E-state index in [0.717, 1.165) is 18.4 Å². The zero-order valence-corrected chi connectivity index (χ0v) is 8.68. The third-order valence-electron chi connectivity index (χ3n) is 2.90. The monoisotopic (exact) mass is 188 g/mol. The molecule has 0 fully saturated rings. The minimum atomic E-state index is 0.294. The van der Waals surface area contributed by atoms with Crippen molar-refractivity contribution in [2.45, 2.75) is 39.0 Å². The summed E-state index contributed by atoms with van der Waals surface area (Å²) in [5.41, 5.74) is 3.75. The first kappa shape index (κ1) is 9.45. The zero-order valence-electron chi connectivity index (χ0n) is 8.68. The van der Waals surface area contributed by atoms with Crippen molar-refractivity contribution < 1.29 is 4.79 Å². The number of aryl methyl sites for hydroxylation is 2. The Morgan fingerprint density at radius 2 is 2.07 bits per heavy atom. The standard InChI is InChI=1S/C13H16O/c1-2-4-13(14)12-8-7-10-5-3-6-11(10)9-12/h7-9H,2-6H2,1H3. The number of benzene rings is 1. The second-order valence-corrected chi connectivity index (χ2v) is 4.01. The molecule has 0 aromatic heterocycles. The summed E-state index contributed by atoms with van der Waals surface area (Å²) >= 11 is 0. The highest BCUT2D eigenvalue weighted by Gasteiger charge is 2.13. The molecule has 0 saturated heterocycles. The Bertz CT molecular complexity index is 352. The SMILES string of the molecule is CCCC(=O)c1ccc2c(c1)CCC2. The highest BCUT2D eigenvalue weighted by molar-refractivity contribution is 5.96. The molecule has 0 bridgehead atoms. The molecule has 0 spiro atoms. The first-order valence-electron chi connectivity index (χ1n) is 5.46. The predicted molar refractivity (Wildman–Crippen MR) is 57.7 cm³/mol. The van der Waals surface area contributed by atoms with Crippen LogP contribution in [-0.4, -0.2) is 5.78 Å². The first-order chi connectivity index (χ1) is 6.81. The fourth-order valence-corrected chi connectivity index (χ4v) is 2.12. The van der Waals surface area contributed by atoms with Crippen LogP contribution in [0.25, 0.3) is 0 Å². The third kappa shape index (κ3) is 1.72. The summed E-state index contributed by atoms with van der Waals surface area (Å²) in [4.78, 5) is 11.6. The zero-order chi connectivity index (χ0) is 9.97. The maximum absolute atomic E-state index is 11.6. The molecule has 1 aliphatic carbocycles. The summed E-state index contributed by atoms with van der Waals surface area (Å²) in [6.07, 6.45) is 5.22. The normalized spacial score (nSPS) is 14.1. The molecule has 0 unspecified atom stereocenters. The van der Waals surface area contributed by atoms with Crippen molar-refractivity contribution in [1.29, 1.82) is 0 Å². The van der Waals surface area contributed by atoms with Crippen molar-refractivity contribution in [3.05, 3.63) is 34.9 Å². The number of carbonyl (C=O) groups is 1. The van der Waals surface area contributed by atoms with E-state index in [0.29, 0.717) is 12.2 Å². The highest BCUT2D eigenvalue weighted by atomic mass is 16.1. The molecule has 14 heavy (non-hydrogen) atoms. The third-order valence-corrected chi connectivity index (χ3v) is 2.90. The maximum Gasteiger partial charge on any atom is 0.162 e. The van der Waals surface area contributed by atoms with Crippen LogP contribution in [0.1, 0.15) is 47.7 Å². The van der Waals surface area contributed by atoms with Crippen molar-refractivity contribution in [2.75, 3.05) is 0 Å². The molecule has 1 aliphatic rings. The summed E-state index contributed by atoms with van der Waals surface area (Å²) in [7, 11) is 0. The first-order valence-corrected chi connectivity index (χ1v) is 5.46. The number of carbonyl (C=O) groups excluding carboxylic acids is 1. The molecular weight excluding hydrogens is 172 g/mol. The van der Waals surface area contributed by atoms with Gasteiger partial charge in [0.1, 0.15) is 0 Å². The van der Waals surface area contributed by atoms with E-state index < -0.39 is 0 Å². The summed E-state index contributed by atoms with van der Waals surface area (Å²) in [6, 6.07) is 6.22. The molecule has 0 aliphatic heterocycles. The number of rotatable bonds is 3. The Labute approximate surface area is 85.1 Å². The van der Waals surface area contributed by atoms with Crippen LogP contribution < -0.4 is 0 Å². The van der Waals surface area contributed by atoms with Crippen molar-refractivity contribution in [1.82, 2.24) is 0 Å². The van der Waals surface area contributed by atoms with Crippen LogP contribution in [0.15, 0.2) is 18.2 Å². The second-order valence-electron chi connectivity index (χ2n) is 4.01. The van der Waals surface area contributed by atoms with Gasteiger partial charge in [-0.1, -0.05) is 19.1 Å². The van der Waals surface area contributed by atoms with E-state index in [1.165, 1.54) is 24.0 Å². The van der Waals surface area contributed by atoms with Crippen LogP contribution in [0, 0.1) is 0 Å². The van der Waals surface area contributed by atoms with E-state index in [9.17, 15) is 4.79 Å². The molecule has 0 N–H and O–H groups in total. The Morgan fingerprint density at radius 1 is 1.29 bits per heavy atom. The lowest BCUT2D eigenvalue weighted by molar-refractivity contribution is 0.0981. The number of hydrogen-bond acceptors (Lipinski definition) is 1. The van der Waals surface area contributed by atoms with Crippen LogP contribution in [-0.2, 0) is 12.8 Å². The van der Waals surface area contributed by atoms with Crippen LogP contribution in [0.5, 0.6) is 0 Å². The number of ketones is 1. The molecule has 74 valence electrons. The van der Waals surface area contributed by atoms with Crippen LogP contribution >= 0.6 is 0 Å². The molecular formula is C13H16O. The molecule has 0 radical (unpaired) electrons. The number of fused-ring (bicyclic) bond motifs is 1. The van der Waals surface area contributed by atoms with Gasteiger partial charge in [-0.15, -0.1) is 0 Å². The van der Waals surface area contributed by atoms with E-state index in [4.69, 9.17) is 0 Å². The molecule has 1 nitrogen and oxygen atoms in total. The lowest BCUT2D eigenvalue weighted by atomic mass is 10.0. The van der Waals surface area contributed by atoms with Crippen molar-refractivity contribution in [2.24, 2.45) is 0 Å². The van der Waals surface area contributed by atoms with Gasteiger partial charge in [0.25, 0.3) is 0 Å². The van der Waals surface area contributed by atoms with Crippen molar-refractivity contribution >= 4 is 5.78 Å². The quantitative estimate of drug-likeness (QED) is 0.666. The van der Waals surface area contributed by atoms with Gasteiger partial charge >= 0.3 is 0 Å². The lowest BCUT2D eigenvalue weighted by Crippen LogP contribution is -1.99. The topological polar surface area (TPSA) is 17.1 Å². The minimum absolute atomic E-state index is 0.294. The van der Waals surface area contributed by atoms with E-state index >= 15 is 0 Å². The van der Waals surface area contributed by atoms with Gasteiger partial charge in [0.2, 0.25) is 0 Å². The average molecular weight is 188 g/mol. The average Bonchev–Trinajstić information content (AvgIpc) is 2.64. The lowest BCUT2D eigenvalue weighted by Gasteiger charge is -2.03. The molecule has 0 saturated carbocycles. The van der Waals surface area contributed by atoms with Gasteiger partial charge < -0.3 is 0 Å². The molecule has 1 aromatic carbocycles. The van der Waals surface area contributed by atoms with Crippen molar-refractivity contribution in [3.63, 3.8) is 0 Å². The van der Waals surface area contributed by atoms with E-state index in [1.54, 1.807) is 0 Å². The van der Waals surface area contributed by atoms with Gasteiger partial charge in [-0.3, -0.25) is 4.79 Å². The fourth-order valence-electron chi connectivity index (χ4n) is 2.12. The molecule has 0 amide bonds. The molecule has 1 heteroatoms. The number of Topliss-reactive ketones (excluding diaryl/α,β-unsaturated/α-hetero) is 1. The van der Waals surface area contributed by atoms with Crippen LogP contribution in [0.2, 0.25) is 0 Å². The van der Waals surface area contributed by atoms with Gasteiger partial charge in [-0.05, 0) is 42.9 Å². The van der Waals surface area contributed by atoms with Gasteiger partial charge in [0.05, 0.1) is 0 Å². The Kier molecular flexibility index (Phi) is 2.67. The minimum Gasteiger partial charge on any atom is -0.294 e. The van der Waals surface area contributed by atoms with E-state index in [2.05, 4.69) is 12.1 Å². The molecule has 0 heterocycles. The Morgan fingerprint density at radius 3 is 2.86 bits per heavy atom. The maximum atomic E-state index is 11.6. The molecule has 2 rings (SSSR count). The summed E-state index contributed by atoms with van der Waals surface area (Å²) in [6.45, 7) is 2.05. The fraction of sp³-hybridized carbons (Fsp3) is 0.462. The van der Waals surface area contributed by atoms with Crippen LogP contribution in [0.4, 0.5) is 0 Å². The van der Waals surface area contributed by atoms with Gasteiger partial charge in [-0.25, -0.2) is 0 Å². The molecule has 1 aromatic rings. The Balaban J connectivity index is 2.24. The van der Waals surface area contributed by atoms with Crippen LogP contribution in [0.3, 0.4) is 0 Å².